The van der Waals surface area contributed by atoms with E-state index in [1.807, 2.05) is 6.07 Å². The highest BCUT2D eigenvalue weighted by Crippen LogP contribution is 2.30. The number of hydrogen-bond acceptors (Lipinski definition) is 4. The number of amides is 1. The van der Waals surface area contributed by atoms with Crippen molar-refractivity contribution in [2.24, 2.45) is 0 Å². The number of hydrogen-bond donors (Lipinski definition) is 1. The largest absolute Gasteiger partial charge is 0.493 e. The molecule has 2 aromatic carbocycles. The standard InChI is InChI=1S/C24H25FN2O3/c1-29-23-14-17(11-12-22(23)30-16-18-7-5-6-10-21(18)25)13-19(15-26)24(28)27-20-8-3-2-4-9-20/h5-7,10-14,20H,2-4,8-9,16H2,1H3,(H,27,28)/b19-13+. The lowest BCUT2D eigenvalue weighted by atomic mass is 9.95. The van der Waals surface area contributed by atoms with Crippen LogP contribution in [0.2, 0.25) is 0 Å². The maximum atomic E-state index is 13.8. The molecule has 1 aliphatic rings. The van der Waals surface area contributed by atoms with Crippen LogP contribution in [0.1, 0.15) is 43.2 Å². The van der Waals surface area contributed by atoms with Crippen LogP contribution >= 0.6 is 0 Å². The number of nitriles is 1. The van der Waals surface area contributed by atoms with Crippen molar-refractivity contribution >= 4 is 12.0 Å². The molecule has 3 rings (SSSR count). The SMILES string of the molecule is COc1cc(/C=C(\C#N)C(=O)NC2CCCCC2)ccc1OCc1ccccc1F. The summed E-state index contributed by atoms with van der Waals surface area (Å²) in [6, 6.07) is 13.6. The predicted octanol–water partition coefficient (Wildman–Crippen LogP) is 4.77. The van der Waals surface area contributed by atoms with Gasteiger partial charge in [0.05, 0.1) is 7.11 Å². The highest BCUT2D eigenvalue weighted by molar-refractivity contribution is 6.01. The van der Waals surface area contributed by atoms with E-state index in [1.165, 1.54) is 25.7 Å². The van der Waals surface area contributed by atoms with Gasteiger partial charge in [-0.15, -0.1) is 0 Å². The van der Waals surface area contributed by atoms with Crippen molar-refractivity contribution in [1.82, 2.24) is 5.32 Å². The van der Waals surface area contributed by atoms with E-state index < -0.39 is 0 Å². The third-order valence-corrected chi connectivity index (χ3v) is 5.15. The van der Waals surface area contributed by atoms with E-state index in [9.17, 15) is 14.4 Å². The zero-order valence-corrected chi connectivity index (χ0v) is 17.0. The number of halogens is 1. The van der Waals surface area contributed by atoms with Crippen molar-refractivity contribution in [2.45, 2.75) is 44.8 Å². The van der Waals surface area contributed by atoms with Crippen LogP contribution in [-0.4, -0.2) is 19.1 Å². The summed E-state index contributed by atoms with van der Waals surface area (Å²) in [6.07, 6.45) is 6.82. The van der Waals surface area contributed by atoms with Crippen molar-refractivity contribution in [3.8, 4) is 17.6 Å². The van der Waals surface area contributed by atoms with E-state index in [0.717, 1.165) is 25.7 Å². The summed E-state index contributed by atoms with van der Waals surface area (Å²) < 4.78 is 24.8. The van der Waals surface area contributed by atoms with Gasteiger partial charge in [0, 0.05) is 11.6 Å². The molecule has 0 atom stereocenters. The molecule has 0 aliphatic heterocycles. The first-order valence-electron chi connectivity index (χ1n) is 10.1. The summed E-state index contributed by atoms with van der Waals surface area (Å²) in [5.74, 6) is 0.190. The zero-order chi connectivity index (χ0) is 21.3. The van der Waals surface area contributed by atoms with Gasteiger partial charge in [-0.2, -0.15) is 5.26 Å². The molecule has 6 heteroatoms. The number of rotatable bonds is 7. The maximum Gasteiger partial charge on any atom is 0.262 e. The van der Waals surface area contributed by atoms with E-state index in [4.69, 9.17) is 9.47 Å². The molecule has 5 nitrogen and oxygen atoms in total. The molecule has 1 fully saturated rings. The highest BCUT2D eigenvalue weighted by atomic mass is 19.1. The zero-order valence-electron chi connectivity index (χ0n) is 17.0. The molecule has 2 aromatic rings. The Morgan fingerprint density at radius 2 is 1.97 bits per heavy atom. The Labute approximate surface area is 176 Å². The van der Waals surface area contributed by atoms with Crippen molar-refractivity contribution in [1.29, 1.82) is 5.26 Å². The highest BCUT2D eigenvalue weighted by Gasteiger charge is 2.18. The number of carbonyl (C=O) groups excluding carboxylic acids is 1. The van der Waals surface area contributed by atoms with Crippen molar-refractivity contribution in [2.75, 3.05) is 7.11 Å². The number of carbonyl (C=O) groups is 1. The van der Waals surface area contributed by atoms with Gasteiger partial charge in [0.25, 0.3) is 5.91 Å². The van der Waals surface area contributed by atoms with Crippen LogP contribution in [-0.2, 0) is 11.4 Å². The monoisotopic (exact) mass is 408 g/mol. The van der Waals surface area contributed by atoms with Gasteiger partial charge >= 0.3 is 0 Å². The molecule has 0 saturated heterocycles. The lowest BCUT2D eigenvalue weighted by molar-refractivity contribution is -0.117. The van der Waals surface area contributed by atoms with E-state index in [1.54, 1.807) is 36.4 Å². The van der Waals surface area contributed by atoms with Crippen LogP contribution < -0.4 is 14.8 Å². The van der Waals surface area contributed by atoms with Crippen LogP contribution in [0.4, 0.5) is 4.39 Å². The Hall–Kier alpha value is -3.33. The number of nitrogens with one attached hydrogen (secondary N) is 1. The molecule has 0 spiro atoms. The van der Waals surface area contributed by atoms with Gasteiger partial charge in [0.15, 0.2) is 11.5 Å². The average Bonchev–Trinajstić information content (AvgIpc) is 2.77. The maximum absolute atomic E-state index is 13.8. The number of ether oxygens (including phenoxy) is 2. The third kappa shape index (κ3) is 5.60. The van der Waals surface area contributed by atoms with Gasteiger partial charge in [0.1, 0.15) is 24.1 Å². The molecular formula is C24H25FN2O3. The summed E-state index contributed by atoms with van der Waals surface area (Å²) in [5.41, 5.74) is 1.12. The Morgan fingerprint density at radius 3 is 2.67 bits per heavy atom. The second-order valence-corrected chi connectivity index (χ2v) is 7.27. The van der Waals surface area contributed by atoms with Crippen molar-refractivity contribution < 1.29 is 18.7 Å². The molecule has 156 valence electrons. The number of benzene rings is 2. The minimum Gasteiger partial charge on any atom is -0.493 e. The van der Waals surface area contributed by atoms with Crippen LogP contribution in [0.25, 0.3) is 6.08 Å². The van der Waals surface area contributed by atoms with Gasteiger partial charge in [-0.05, 0) is 42.7 Å². The van der Waals surface area contributed by atoms with Crippen molar-refractivity contribution in [3.63, 3.8) is 0 Å². The average molecular weight is 408 g/mol. The fraction of sp³-hybridized carbons (Fsp3) is 0.333. The first-order chi connectivity index (χ1) is 14.6. The molecule has 1 N–H and O–H groups in total. The third-order valence-electron chi connectivity index (χ3n) is 5.15. The lowest BCUT2D eigenvalue weighted by Crippen LogP contribution is -2.36. The summed E-state index contributed by atoms with van der Waals surface area (Å²) in [6.45, 7) is 0.0610. The minimum atomic E-state index is -0.358. The van der Waals surface area contributed by atoms with Crippen molar-refractivity contribution in [3.05, 3.63) is 65.0 Å². The summed E-state index contributed by atoms with van der Waals surface area (Å²) >= 11 is 0. The molecule has 0 aromatic heterocycles. The van der Waals surface area contributed by atoms with Crippen LogP contribution in [0.5, 0.6) is 11.5 Å². The fourth-order valence-electron chi connectivity index (χ4n) is 3.49. The fourth-order valence-corrected chi connectivity index (χ4v) is 3.49. The molecule has 0 bridgehead atoms. The minimum absolute atomic E-state index is 0.0441. The Bertz CT molecular complexity index is 959. The van der Waals surface area contributed by atoms with E-state index in [0.29, 0.717) is 22.6 Å². The summed E-state index contributed by atoms with van der Waals surface area (Å²) in [5, 5.41) is 12.4. The molecular weight excluding hydrogens is 383 g/mol. The second-order valence-electron chi connectivity index (χ2n) is 7.27. The van der Waals surface area contributed by atoms with Gasteiger partial charge in [0.2, 0.25) is 0 Å². The van der Waals surface area contributed by atoms with E-state index in [-0.39, 0.29) is 29.9 Å². The van der Waals surface area contributed by atoms with Crippen LogP contribution in [0, 0.1) is 17.1 Å². The van der Waals surface area contributed by atoms with Gasteiger partial charge in [-0.25, -0.2) is 4.39 Å². The summed E-state index contributed by atoms with van der Waals surface area (Å²) in [7, 11) is 1.50. The normalized spacial score (nSPS) is 14.6. The summed E-state index contributed by atoms with van der Waals surface area (Å²) in [4.78, 5) is 12.5. The lowest BCUT2D eigenvalue weighted by Gasteiger charge is -2.22. The first-order valence-corrected chi connectivity index (χ1v) is 10.1. The number of nitrogens with zero attached hydrogens (tertiary/aromatic N) is 1. The van der Waals surface area contributed by atoms with Crippen LogP contribution in [0.3, 0.4) is 0 Å². The molecule has 1 saturated carbocycles. The Morgan fingerprint density at radius 1 is 1.20 bits per heavy atom. The smallest absolute Gasteiger partial charge is 0.262 e. The predicted molar refractivity (Wildman–Crippen MR) is 112 cm³/mol. The quantitative estimate of drug-likeness (QED) is 0.529. The first kappa shape index (κ1) is 21.4. The van der Waals surface area contributed by atoms with Gasteiger partial charge in [-0.3, -0.25) is 4.79 Å². The van der Waals surface area contributed by atoms with E-state index in [2.05, 4.69) is 5.32 Å². The molecule has 1 aliphatic carbocycles. The van der Waals surface area contributed by atoms with E-state index >= 15 is 0 Å². The molecule has 0 radical (unpaired) electrons. The molecule has 30 heavy (non-hydrogen) atoms. The Balaban J connectivity index is 1.71. The van der Waals surface area contributed by atoms with Gasteiger partial charge < -0.3 is 14.8 Å². The molecule has 0 unspecified atom stereocenters. The van der Waals surface area contributed by atoms with Gasteiger partial charge in [-0.1, -0.05) is 43.5 Å². The second kappa shape index (κ2) is 10.4. The van der Waals surface area contributed by atoms with Crippen LogP contribution in [0.15, 0.2) is 48.0 Å². The number of methoxy groups -OCH3 is 1. The molecule has 0 heterocycles. The topological polar surface area (TPSA) is 71.3 Å². The molecule has 1 amide bonds. The Kier molecular flexibility index (Phi) is 7.45.